The second-order valence-electron chi connectivity index (χ2n) is 14.6. The summed E-state index contributed by atoms with van der Waals surface area (Å²) < 4.78 is 14.6. The number of pyridine rings is 1. The van der Waals surface area contributed by atoms with E-state index in [1.807, 2.05) is 0 Å². The van der Waals surface area contributed by atoms with E-state index >= 15 is 0 Å². The Morgan fingerprint density at radius 1 is 0.733 bits per heavy atom. The number of fused-ring (bicyclic) bond motifs is 7. The Labute approximate surface area is 265 Å². The molecule has 9 rings (SSSR count). The summed E-state index contributed by atoms with van der Waals surface area (Å²) in [5, 5.41) is 0. The molecular formula is C41H39N3O+2. The van der Waals surface area contributed by atoms with Crippen LogP contribution in [0.25, 0.3) is 33.7 Å². The molecule has 4 aromatic carbocycles. The molecular weight excluding hydrogens is 550 g/mol. The van der Waals surface area contributed by atoms with Gasteiger partial charge in [-0.2, -0.15) is 13.7 Å². The molecule has 1 spiro atoms. The summed E-state index contributed by atoms with van der Waals surface area (Å²) in [6.45, 7) is 16.2. The minimum Gasteiger partial charge on any atom is -0.448 e. The molecule has 1 unspecified atom stereocenters. The number of imidazole rings is 1. The Morgan fingerprint density at radius 3 is 2.18 bits per heavy atom. The summed E-state index contributed by atoms with van der Waals surface area (Å²) >= 11 is 0. The molecule has 3 aliphatic heterocycles. The molecule has 0 saturated heterocycles. The van der Waals surface area contributed by atoms with Crippen molar-refractivity contribution in [3.8, 4) is 34.1 Å². The van der Waals surface area contributed by atoms with E-state index in [0.29, 0.717) is 11.8 Å². The Hall–Kier alpha value is -4.70. The first kappa shape index (κ1) is 26.7. The topological polar surface area (TPSA) is 21.9 Å². The number of rotatable bonds is 3. The minimum absolute atomic E-state index is 0.0625. The minimum atomic E-state index is -0.610. The van der Waals surface area contributed by atoms with E-state index in [4.69, 9.17) is 4.74 Å². The van der Waals surface area contributed by atoms with Crippen molar-refractivity contribution in [1.29, 1.82) is 0 Å². The number of ether oxygens (including phenoxy) is 1. The third kappa shape index (κ3) is 3.17. The Balaban J connectivity index is 1.58. The van der Waals surface area contributed by atoms with Crippen LogP contribution in [0.4, 0.5) is 0 Å². The molecule has 5 heterocycles. The van der Waals surface area contributed by atoms with Crippen LogP contribution in [0.2, 0.25) is 0 Å². The lowest BCUT2D eigenvalue weighted by Crippen LogP contribution is -2.57. The van der Waals surface area contributed by atoms with E-state index < -0.39 is 5.54 Å². The van der Waals surface area contributed by atoms with Crippen LogP contribution in [-0.4, -0.2) is 4.57 Å². The van der Waals surface area contributed by atoms with Gasteiger partial charge in [0.05, 0.1) is 16.7 Å². The van der Waals surface area contributed by atoms with Crippen LogP contribution in [-0.2, 0) is 11.0 Å². The Kier molecular flexibility index (Phi) is 5.17. The predicted octanol–water partition coefficient (Wildman–Crippen LogP) is 8.98. The van der Waals surface area contributed by atoms with Crippen molar-refractivity contribution in [1.82, 2.24) is 4.57 Å². The smallest absolute Gasteiger partial charge is 0.352 e. The maximum Gasteiger partial charge on any atom is 0.352 e. The highest BCUT2D eigenvalue weighted by Gasteiger charge is 2.69. The normalized spacial score (nSPS) is 17.0. The molecule has 2 aromatic heterocycles. The highest BCUT2D eigenvalue weighted by Crippen LogP contribution is 2.56. The highest BCUT2D eigenvalue weighted by molar-refractivity contribution is 5.87. The zero-order valence-corrected chi connectivity index (χ0v) is 27.1. The quantitative estimate of drug-likeness (QED) is 0.189. The molecule has 0 saturated carbocycles. The predicted molar refractivity (Wildman–Crippen MR) is 179 cm³/mol. The zero-order valence-electron chi connectivity index (χ0n) is 27.1. The van der Waals surface area contributed by atoms with Gasteiger partial charge in [0.15, 0.2) is 28.9 Å². The van der Waals surface area contributed by atoms with Gasteiger partial charge in [0.2, 0.25) is 11.2 Å². The molecule has 0 aliphatic carbocycles. The van der Waals surface area contributed by atoms with Gasteiger partial charge in [0.25, 0.3) is 0 Å². The molecule has 0 radical (unpaired) electrons. The molecule has 4 nitrogen and oxygen atoms in total. The number of para-hydroxylation sites is 2. The molecule has 0 N–H and O–H groups in total. The first-order valence-electron chi connectivity index (χ1n) is 16.4. The van der Waals surface area contributed by atoms with Gasteiger partial charge in [-0.3, -0.25) is 0 Å². The molecule has 0 amide bonds. The van der Waals surface area contributed by atoms with E-state index in [0.717, 1.165) is 22.7 Å². The van der Waals surface area contributed by atoms with Crippen LogP contribution in [0.15, 0.2) is 97.2 Å². The maximum atomic E-state index is 6.94. The summed E-state index contributed by atoms with van der Waals surface area (Å²) in [4.78, 5) is 0. The van der Waals surface area contributed by atoms with Gasteiger partial charge >= 0.3 is 11.4 Å². The van der Waals surface area contributed by atoms with Crippen molar-refractivity contribution < 1.29 is 13.9 Å². The summed E-state index contributed by atoms with van der Waals surface area (Å²) in [5.41, 5.74) is 13.2. The number of nitrogens with zero attached hydrogens (tertiary/aromatic N) is 3. The largest absolute Gasteiger partial charge is 0.448 e. The van der Waals surface area contributed by atoms with E-state index in [2.05, 4.69) is 159 Å². The van der Waals surface area contributed by atoms with Crippen LogP contribution in [0.3, 0.4) is 0 Å². The number of benzene rings is 4. The molecule has 0 bridgehead atoms. The lowest BCUT2D eigenvalue weighted by Gasteiger charge is -2.25. The van der Waals surface area contributed by atoms with Crippen LogP contribution in [0, 0.1) is 0 Å². The summed E-state index contributed by atoms with van der Waals surface area (Å²) in [7, 11) is 0. The third-order valence-corrected chi connectivity index (χ3v) is 10.3. The molecule has 1 atom stereocenters. The SMILES string of the molecule is CC(C)c1cccc(C(C)C)c1-n1c2[n+]3c4c(cccc41)Oc1cc(C(C)(C)C)cc(c1-3)C21c2ccccc2-c2cccc[n+]21. The maximum absolute atomic E-state index is 6.94. The standard InChI is InChI=1S/C41H39N3O/c1-24(2)27-15-12-16-28(25(3)4)36(27)43-33-19-13-20-34-38(33)44-37-31(22-26(40(5,6)7)23-35(37)45-34)41(39(43)44)30-17-9-8-14-29(30)32-18-10-11-21-42(32)41/h8-25H,1-7H3/q+2. The number of hydrogen-bond acceptors (Lipinski definition) is 1. The van der Waals surface area contributed by atoms with Gasteiger partial charge < -0.3 is 4.74 Å². The fraction of sp³-hybridized carbons (Fsp3) is 0.268. The monoisotopic (exact) mass is 589 g/mol. The molecule has 3 aliphatic rings. The van der Waals surface area contributed by atoms with Crippen molar-refractivity contribution in [2.75, 3.05) is 0 Å². The van der Waals surface area contributed by atoms with Gasteiger partial charge in [0.1, 0.15) is 5.69 Å². The van der Waals surface area contributed by atoms with Crippen LogP contribution in [0.5, 0.6) is 11.5 Å². The van der Waals surface area contributed by atoms with E-state index in [-0.39, 0.29) is 5.41 Å². The van der Waals surface area contributed by atoms with Crippen molar-refractivity contribution in [2.24, 2.45) is 0 Å². The number of hydrogen-bond donors (Lipinski definition) is 0. The molecule has 4 heteroatoms. The fourth-order valence-electron chi connectivity index (χ4n) is 8.33. The summed E-state index contributed by atoms with van der Waals surface area (Å²) in [6, 6.07) is 33.9. The summed E-state index contributed by atoms with van der Waals surface area (Å²) in [5.74, 6) is 3.78. The number of aromatic nitrogens is 3. The van der Waals surface area contributed by atoms with Crippen LogP contribution < -0.4 is 13.9 Å². The average molecular weight is 590 g/mol. The second-order valence-corrected chi connectivity index (χ2v) is 14.6. The molecule has 6 aromatic rings. The van der Waals surface area contributed by atoms with E-state index in [9.17, 15) is 0 Å². The Bertz CT molecular complexity index is 2170. The van der Waals surface area contributed by atoms with E-state index in [1.54, 1.807) is 0 Å². The third-order valence-electron chi connectivity index (χ3n) is 10.3. The Morgan fingerprint density at radius 2 is 1.44 bits per heavy atom. The van der Waals surface area contributed by atoms with Crippen molar-refractivity contribution in [2.45, 2.75) is 71.3 Å². The lowest BCUT2D eigenvalue weighted by atomic mass is 9.78. The first-order valence-corrected chi connectivity index (χ1v) is 16.4. The second kappa shape index (κ2) is 8.72. The fourth-order valence-corrected chi connectivity index (χ4v) is 8.33. The summed E-state index contributed by atoms with van der Waals surface area (Å²) in [6.07, 6.45) is 2.29. The van der Waals surface area contributed by atoms with Gasteiger partial charge in [-0.25, -0.2) is 0 Å². The highest BCUT2D eigenvalue weighted by atomic mass is 16.5. The zero-order chi connectivity index (χ0) is 31.0. The van der Waals surface area contributed by atoms with Crippen molar-refractivity contribution >= 4 is 11.0 Å². The lowest BCUT2D eigenvalue weighted by molar-refractivity contribution is -0.733. The van der Waals surface area contributed by atoms with Gasteiger partial charge in [-0.05, 0) is 59.2 Å². The van der Waals surface area contributed by atoms with Gasteiger partial charge in [0, 0.05) is 23.3 Å². The first-order chi connectivity index (χ1) is 21.6. The van der Waals surface area contributed by atoms with Crippen molar-refractivity contribution in [3.05, 3.63) is 131 Å². The molecule has 0 fully saturated rings. The molecule has 222 valence electrons. The van der Waals surface area contributed by atoms with Gasteiger partial charge in [-0.1, -0.05) is 90.9 Å². The van der Waals surface area contributed by atoms with Crippen LogP contribution >= 0.6 is 0 Å². The van der Waals surface area contributed by atoms with Gasteiger partial charge in [-0.15, -0.1) is 0 Å². The van der Waals surface area contributed by atoms with Crippen LogP contribution in [0.1, 0.15) is 93.9 Å². The molecule has 45 heavy (non-hydrogen) atoms. The average Bonchev–Trinajstić information content (AvgIpc) is 3.62. The van der Waals surface area contributed by atoms with Crippen molar-refractivity contribution in [3.63, 3.8) is 0 Å². The van der Waals surface area contributed by atoms with E-state index in [1.165, 1.54) is 56.1 Å².